The van der Waals surface area contributed by atoms with Crippen LogP contribution in [-0.2, 0) is 13.0 Å². The van der Waals surface area contributed by atoms with Gasteiger partial charge in [-0.15, -0.1) is 10.2 Å². The highest BCUT2D eigenvalue weighted by Gasteiger charge is 2.15. The van der Waals surface area contributed by atoms with Crippen LogP contribution in [0.15, 0.2) is 53.2 Å². The summed E-state index contributed by atoms with van der Waals surface area (Å²) in [6.07, 6.45) is 3.73. The molecule has 122 valence electrons. The van der Waals surface area contributed by atoms with Crippen molar-refractivity contribution in [3.63, 3.8) is 0 Å². The molecule has 7 nitrogen and oxygen atoms in total. The van der Waals surface area contributed by atoms with Crippen LogP contribution in [-0.4, -0.2) is 28.2 Å². The number of carbonyl (C=O) groups is 1. The second-order valence-electron chi connectivity index (χ2n) is 5.03. The third-order valence-corrected chi connectivity index (χ3v) is 3.40. The lowest BCUT2D eigenvalue weighted by atomic mass is 10.1. The van der Waals surface area contributed by atoms with Gasteiger partial charge in [0.05, 0.1) is 13.5 Å². The normalized spacial score (nSPS) is 10.4. The van der Waals surface area contributed by atoms with E-state index in [2.05, 4.69) is 20.5 Å². The second kappa shape index (κ2) is 7.36. The number of nitrogens with one attached hydrogen (secondary N) is 1. The second-order valence-corrected chi connectivity index (χ2v) is 5.03. The summed E-state index contributed by atoms with van der Waals surface area (Å²) in [5.74, 6) is 0.618. The molecule has 2 aromatic heterocycles. The average Bonchev–Trinajstić information content (AvgIpc) is 3.10. The van der Waals surface area contributed by atoms with Crippen LogP contribution in [0.1, 0.15) is 27.7 Å². The molecule has 2 heterocycles. The molecular formula is C17H16N4O3. The number of pyridine rings is 1. The maximum atomic E-state index is 12.1. The van der Waals surface area contributed by atoms with Gasteiger partial charge in [-0.1, -0.05) is 18.2 Å². The van der Waals surface area contributed by atoms with Gasteiger partial charge in [-0.25, -0.2) is 0 Å². The van der Waals surface area contributed by atoms with Crippen LogP contribution in [0.3, 0.4) is 0 Å². The first-order valence-corrected chi connectivity index (χ1v) is 7.37. The minimum Gasteiger partial charge on any atom is -0.496 e. The molecule has 0 saturated carbocycles. The fraction of sp³-hybridized carbons (Fsp3) is 0.176. The Labute approximate surface area is 138 Å². The van der Waals surface area contributed by atoms with Crippen LogP contribution in [0.4, 0.5) is 0 Å². The van der Waals surface area contributed by atoms with E-state index in [0.717, 1.165) is 16.9 Å². The summed E-state index contributed by atoms with van der Waals surface area (Å²) in [5.41, 5.74) is 1.85. The van der Waals surface area contributed by atoms with Crippen LogP contribution in [0.2, 0.25) is 0 Å². The summed E-state index contributed by atoms with van der Waals surface area (Å²) in [6, 6.07) is 11.2. The number of rotatable bonds is 6. The molecule has 0 unspecified atom stereocenters. The Morgan fingerprint density at radius 1 is 1.17 bits per heavy atom. The van der Waals surface area contributed by atoms with E-state index in [0.29, 0.717) is 18.9 Å². The van der Waals surface area contributed by atoms with E-state index >= 15 is 0 Å². The zero-order valence-corrected chi connectivity index (χ0v) is 13.1. The van der Waals surface area contributed by atoms with Crippen LogP contribution < -0.4 is 10.1 Å². The number of para-hydroxylation sites is 1. The highest BCUT2D eigenvalue weighted by Crippen LogP contribution is 2.20. The van der Waals surface area contributed by atoms with Crippen LogP contribution >= 0.6 is 0 Å². The van der Waals surface area contributed by atoms with Gasteiger partial charge in [0.15, 0.2) is 0 Å². The van der Waals surface area contributed by atoms with Crippen molar-refractivity contribution in [3.8, 4) is 5.75 Å². The quantitative estimate of drug-likeness (QED) is 0.746. The lowest BCUT2D eigenvalue weighted by Crippen LogP contribution is -2.23. The first-order chi connectivity index (χ1) is 11.8. The maximum absolute atomic E-state index is 12.1. The molecule has 3 rings (SSSR count). The molecule has 0 bridgehead atoms. The molecule has 0 radical (unpaired) electrons. The third kappa shape index (κ3) is 3.75. The molecule has 3 aromatic rings. The lowest BCUT2D eigenvalue weighted by Gasteiger charge is -2.05. The number of methoxy groups -OCH3 is 1. The molecule has 0 aliphatic carbocycles. The van der Waals surface area contributed by atoms with E-state index in [-0.39, 0.29) is 5.89 Å². The molecule has 0 fully saturated rings. The van der Waals surface area contributed by atoms with Gasteiger partial charge in [0.1, 0.15) is 5.75 Å². The molecule has 7 heteroatoms. The summed E-state index contributed by atoms with van der Waals surface area (Å²) in [4.78, 5) is 16.0. The molecule has 0 spiro atoms. The zero-order chi connectivity index (χ0) is 16.8. The SMILES string of the molecule is COc1ccccc1Cc1nnc(C(=O)NCc2ccncc2)o1. The zero-order valence-electron chi connectivity index (χ0n) is 13.1. The van der Waals surface area contributed by atoms with Crippen molar-refractivity contribution in [2.45, 2.75) is 13.0 Å². The number of hydrogen-bond acceptors (Lipinski definition) is 6. The molecule has 1 amide bonds. The number of nitrogens with zero attached hydrogens (tertiary/aromatic N) is 3. The molecule has 1 aromatic carbocycles. The summed E-state index contributed by atoms with van der Waals surface area (Å²) in [6.45, 7) is 0.367. The van der Waals surface area contributed by atoms with Gasteiger partial charge < -0.3 is 14.5 Å². The van der Waals surface area contributed by atoms with Gasteiger partial charge in [-0.3, -0.25) is 9.78 Å². The van der Waals surface area contributed by atoms with E-state index in [1.54, 1.807) is 19.5 Å². The van der Waals surface area contributed by atoms with Crippen LogP contribution in [0, 0.1) is 0 Å². The third-order valence-electron chi connectivity index (χ3n) is 3.40. The first-order valence-electron chi connectivity index (χ1n) is 7.37. The summed E-state index contributed by atoms with van der Waals surface area (Å²) in [7, 11) is 1.60. The molecule has 0 saturated heterocycles. The summed E-state index contributed by atoms with van der Waals surface area (Å²) < 4.78 is 10.7. The van der Waals surface area contributed by atoms with E-state index in [4.69, 9.17) is 9.15 Å². The predicted molar refractivity (Wildman–Crippen MR) is 85.5 cm³/mol. The standard InChI is InChI=1S/C17H16N4O3/c1-23-14-5-3-2-4-13(14)10-15-20-21-17(24-15)16(22)19-11-12-6-8-18-9-7-12/h2-9H,10-11H2,1H3,(H,19,22). The largest absolute Gasteiger partial charge is 0.496 e. The van der Waals surface area contributed by atoms with Gasteiger partial charge in [0.25, 0.3) is 0 Å². The van der Waals surface area contributed by atoms with E-state index in [1.807, 2.05) is 36.4 Å². The molecular weight excluding hydrogens is 308 g/mol. The summed E-state index contributed by atoms with van der Waals surface area (Å²) in [5, 5.41) is 10.4. The number of hydrogen-bond donors (Lipinski definition) is 1. The average molecular weight is 324 g/mol. The Bertz CT molecular complexity index is 817. The Balaban J connectivity index is 1.63. The number of benzene rings is 1. The number of ether oxygens (including phenoxy) is 1. The Morgan fingerprint density at radius 3 is 2.75 bits per heavy atom. The van der Waals surface area contributed by atoms with Gasteiger partial charge >= 0.3 is 11.8 Å². The number of carbonyl (C=O) groups excluding carboxylic acids is 1. The van der Waals surface area contributed by atoms with E-state index in [1.165, 1.54) is 0 Å². The number of aromatic nitrogens is 3. The fourth-order valence-electron chi connectivity index (χ4n) is 2.19. The first kappa shape index (κ1) is 15.7. The Morgan fingerprint density at radius 2 is 1.96 bits per heavy atom. The topological polar surface area (TPSA) is 90.1 Å². The summed E-state index contributed by atoms with van der Waals surface area (Å²) >= 11 is 0. The predicted octanol–water partition coefficient (Wildman–Crippen LogP) is 1.99. The van der Waals surface area contributed by atoms with Gasteiger partial charge in [-0.05, 0) is 23.8 Å². The molecule has 0 aliphatic heterocycles. The van der Waals surface area contributed by atoms with Crippen molar-refractivity contribution in [2.75, 3.05) is 7.11 Å². The number of amides is 1. The molecule has 24 heavy (non-hydrogen) atoms. The highest BCUT2D eigenvalue weighted by molar-refractivity contribution is 5.89. The van der Waals surface area contributed by atoms with Crippen molar-refractivity contribution in [3.05, 3.63) is 71.7 Å². The monoisotopic (exact) mass is 324 g/mol. The minimum atomic E-state index is -0.411. The maximum Gasteiger partial charge on any atom is 0.309 e. The van der Waals surface area contributed by atoms with E-state index < -0.39 is 5.91 Å². The Kier molecular flexibility index (Phi) is 4.81. The molecule has 0 aliphatic rings. The van der Waals surface area contributed by atoms with E-state index in [9.17, 15) is 4.79 Å². The van der Waals surface area contributed by atoms with Gasteiger partial charge in [0.2, 0.25) is 5.89 Å². The smallest absolute Gasteiger partial charge is 0.309 e. The van der Waals surface area contributed by atoms with Crippen LogP contribution in [0.25, 0.3) is 0 Å². The van der Waals surface area contributed by atoms with Gasteiger partial charge in [-0.2, -0.15) is 0 Å². The lowest BCUT2D eigenvalue weighted by molar-refractivity contribution is 0.0914. The Hall–Kier alpha value is -3.22. The van der Waals surface area contributed by atoms with Crippen LogP contribution in [0.5, 0.6) is 5.75 Å². The van der Waals surface area contributed by atoms with Crippen molar-refractivity contribution in [2.24, 2.45) is 0 Å². The molecule has 1 N–H and O–H groups in total. The van der Waals surface area contributed by atoms with Crippen molar-refractivity contribution < 1.29 is 13.9 Å². The van der Waals surface area contributed by atoms with Crippen molar-refractivity contribution in [1.29, 1.82) is 0 Å². The highest BCUT2D eigenvalue weighted by atomic mass is 16.5. The fourth-order valence-corrected chi connectivity index (χ4v) is 2.19. The minimum absolute atomic E-state index is 0.0612. The van der Waals surface area contributed by atoms with Crippen molar-refractivity contribution in [1.82, 2.24) is 20.5 Å². The molecule has 0 atom stereocenters. The van der Waals surface area contributed by atoms with Crippen molar-refractivity contribution >= 4 is 5.91 Å². The van der Waals surface area contributed by atoms with Gasteiger partial charge in [0, 0.05) is 24.5 Å².